The Morgan fingerprint density at radius 3 is 1.50 bits per heavy atom. The van der Waals surface area contributed by atoms with Crippen molar-refractivity contribution in [3.05, 3.63) is 0 Å². The Morgan fingerprint density at radius 2 is 1.25 bits per heavy atom. The molecule has 98 valence electrons. The van der Waals surface area contributed by atoms with Gasteiger partial charge >= 0.3 is 0 Å². The third-order valence-electron chi connectivity index (χ3n) is 4.64. The molecule has 0 aromatic heterocycles. The Morgan fingerprint density at radius 1 is 0.875 bits per heavy atom. The maximum absolute atomic E-state index is 10.8. The van der Waals surface area contributed by atoms with Crippen molar-refractivity contribution in [2.24, 2.45) is 0 Å². The first-order valence-electron chi connectivity index (χ1n) is 6.08. The van der Waals surface area contributed by atoms with E-state index < -0.39 is 24.0 Å². The molecule has 0 spiro atoms. The van der Waals surface area contributed by atoms with E-state index in [1.54, 1.807) is 0 Å². The molecule has 0 saturated heterocycles. The van der Waals surface area contributed by atoms with Gasteiger partial charge in [-0.2, -0.15) is 0 Å². The fraction of sp³-hybridized carbons (Fsp3) is 1.00. The van der Waals surface area contributed by atoms with Crippen molar-refractivity contribution < 1.29 is 14.4 Å². The summed E-state index contributed by atoms with van der Waals surface area (Å²) in [5.41, 5.74) is 0.137. The van der Waals surface area contributed by atoms with Crippen LogP contribution in [-0.4, -0.2) is 38.4 Å². The van der Waals surface area contributed by atoms with Gasteiger partial charge in [0, 0.05) is 0 Å². The number of hydrogen-bond donors (Lipinski definition) is 3. The predicted molar refractivity (Wildman–Crippen MR) is 76.5 cm³/mol. The summed E-state index contributed by atoms with van der Waals surface area (Å²) in [6, 6.07) is 0.736. The zero-order chi connectivity index (χ0) is 13.4. The van der Waals surface area contributed by atoms with Crippen molar-refractivity contribution in [2.75, 3.05) is 0 Å². The number of rotatable bonds is 5. The lowest BCUT2D eigenvalue weighted by Crippen LogP contribution is -2.68. The highest BCUT2D eigenvalue weighted by Gasteiger charge is 2.57. The minimum Gasteiger partial charge on any atom is -0.432 e. The van der Waals surface area contributed by atoms with E-state index in [-0.39, 0.29) is 10.7 Å². The number of hydrogen-bond acceptors (Lipinski definition) is 3. The molecule has 0 aliphatic heterocycles. The van der Waals surface area contributed by atoms with E-state index in [1.165, 1.54) is 0 Å². The molecule has 0 saturated carbocycles. The molecule has 16 heavy (non-hydrogen) atoms. The summed E-state index contributed by atoms with van der Waals surface area (Å²) in [6.07, 6.45) is 0. The molecule has 0 radical (unpaired) electrons. The molecule has 4 unspecified atom stereocenters. The zero-order valence-electron chi connectivity index (χ0n) is 11.7. The molecule has 3 nitrogen and oxygen atoms in total. The fourth-order valence-corrected chi connectivity index (χ4v) is 21.6. The smallest absolute Gasteiger partial charge is 0.206 e. The highest BCUT2D eigenvalue weighted by molar-refractivity contribution is 7.38. The molecule has 0 aromatic rings. The molecular weight excluding hydrogens is 252 g/mol. The molecule has 0 heterocycles. The molecule has 0 rings (SSSR count). The fourth-order valence-electron chi connectivity index (χ4n) is 1.93. The summed E-state index contributed by atoms with van der Waals surface area (Å²) in [6.45, 7) is 13.4. The summed E-state index contributed by atoms with van der Waals surface area (Å²) in [5, 5.41) is -0.0749. The van der Waals surface area contributed by atoms with Crippen LogP contribution < -0.4 is 0 Å². The van der Waals surface area contributed by atoms with Gasteiger partial charge in [-0.1, -0.05) is 27.7 Å². The lowest BCUT2D eigenvalue weighted by molar-refractivity contribution is 0.479. The highest BCUT2D eigenvalue weighted by Crippen LogP contribution is 2.39. The maximum atomic E-state index is 10.8. The zero-order valence-corrected chi connectivity index (χ0v) is 14.7. The standard InChI is InChI=1S/C10H28O3Si3/c1-8-14(5,11)10(4)16(7,13)15(6,12)9(2)3/h9-13H,8H2,1-7H3. The molecule has 0 bridgehead atoms. The summed E-state index contributed by atoms with van der Waals surface area (Å²) in [7, 11) is -7.76. The topological polar surface area (TPSA) is 60.7 Å². The van der Waals surface area contributed by atoms with Gasteiger partial charge in [-0.05, 0) is 36.4 Å². The van der Waals surface area contributed by atoms with Crippen molar-refractivity contribution in [3.63, 3.8) is 0 Å². The summed E-state index contributed by atoms with van der Waals surface area (Å²) >= 11 is 0. The monoisotopic (exact) mass is 280 g/mol. The van der Waals surface area contributed by atoms with E-state index in [0.717, 1.165) is 6.04 Å². The predicted octanol–water partition coefficient (Wildman–Crippen LogP) is 2.13. The second-order valence-electron chi connectivity index (χ2n) is 5.88. The van der Waals surface area contributed by atoms with Crippen LogP contribution in [0, 0.1) is 0 Å². The average Bonchev–Trinajstić information content (AvgIpc) is 2.15. The summed E-state index contributed by atoms with van der Waals surface area (Å²) in [4.78, 5) is 31.8. The molecule has 0 amide bonds. The molecule has 0 aliphatic rings. The van der Waals surface area contributed by atoms with Gasteiger partial charge in [0.25, 0.3) is 0 Å². The van der Waals surface area contributed by atoms with Crippen LogP contribution in [0.4, 0.5) is 0 Å². The maximum Gasteiger partial charge on any atom is 0.206 e. The molecular formula is C10H28O3Si3. The quantitative estimate of drug-likeness (QED) is 0.676. The first-order valence-corrected chi connectivity index (χ1v) is 14.9. The van der Waals surface area contributed by atoms with Crippen molar-refractivity contribution >= 4 is 24.0 Å². The van der Waals surface area contributed by atoms with E-state index >= 15 is 0 Å². The van der Waals surface area contributed by atoms with Gasteiger partial charge in [0.1, 0.15) is 0 Å². The van der Waals surface area contributed by atoms with E-state index in [4.69, 9.17) is 0 Å². The van der Waals surface area contributed by atoms with Crippen LogP contribution in [0.15, 0.2) is 0 Å². The molecule has 0 aromatic carbocycles. The van der Waals surface area contributed by atoms with Crippen LogP contribution in [0.1, 0.15) is 27.7 Å². The van der Waals surface area contributed by atoms with E-state index in [0.29, 0.717) is 0 Å². The average molecular weight is 281 g/mol. The Bertz CT molecular complexity index is 239. The van der Waals surface area contributed by atoms with Gasteiger partial charge < -0.3 is 14.4 Å². The first kappa shape index (κ1) is 16.5. The summed E-state index contributed by atoms with van der Waals surface area (Å²) in [5.74, 6) is 0. The van der Waals surface area contributed by atoms with Crippen LogP contribution in [0.2, 0.25) is 36.4 Å². The molecule has 3 N–H and O–H groups in total. The molecule has 4 atom stereocenters. The van der Waals surface area contributed by atoms with E-state index in [1.807, 2.05) is 47.3 Å². The lowest BCUT2D eigenvalue weighted by atomic mass is 10.6. The summed E-state index contributed by atoms with van der Waals surface area (Å²) < 4.78 is 0. The van der Waals surface area contributed by atoms with Crippen LogP contribution in [0.5, 0.6) is 0 Å². The normalized spacial score (nSPS) is 25.7. The second kappa shape index (κ2) is 5.03. The van der Waals surface area contributed by atoms with Gasteiger partial charge in [0.2, 0.25) is 15.7 Å². The van der Waals surface area contributed by atoms with Crippen LogP contribution in [-0.2, 0) is 0 Å². The van der Waals surface area contributed by atoms with Gasteiger partial charge in [0.15, 0.2) is 8.32 Å². The molecule has 0 fully saturated rings. The third kappa shape index (κ3) is 2.85. The minimum atomic E-state index is -2.75. The van der Waals surface area contributed by atoms with Crippen molar-refractivity contribution in [1.82, 2.24) is 0 Å². The molecule has 6 heteroatoms. The van der Waals surface area contributed by atoms with E-state index in [2.05, 4.69) is 0 Å². The van der Waals surface area contributed by atoms with Gasteiger partial charge in [-0.25, -0.2) is 0 Å². The van der Waals surface area contributed by atoms with Gasteiger partial charge in [0.05, 0.1) is 0 Å². The first-order chi connectivity index (χ1) is 6.91. The van der Waals surface area contributed by atoms with Gasteiger partial charge in [-0.3, -0.25) is 0 Å². The SMILES string of the molecule is CC[Si](C)(O)C(C)[Si](C)(O)[Si](C)(O)C(C)C. The van der Waals surface area contributed by atoms with Crippen molar-refractivity contribution in [1.29, 1.82) is 0 Å². The largest absolute Gasteiger partial charge is 0.432 e. The minimum absolute atomic E-state index is 0.0749. The lowest BCUT2D eigenvalue weighted by Gasteiger charge is -2.44. The Hall–Kier alpha value is 0.531. The van der Waals surface area contributed by atoms with Crippen molar-refractivity contribution in [3.8, 4) is 0 Å². The third-order valence-corrected chi connectivity index (χ3v) is 27.5. The van der Waals surface area contributed by atoms with Crippen LogP contribution in [0.3, 0.4) is 0 Å². The highest BCUT2D eigenvalue weighted by atomic mass is 29.3. The van der Waals surface area contributed by atoms with E-state index in [9.17, 15) is 14.4 Å². The Balaban J connectivity index is 5.21. The van der Waals surface area contributed by atoms with Crippen molar-refractivity contribution in [2.45, 2.75) is 64.1 Å². The van der Waals surface area contributed by atoms with Crippen LogP contribution in [0.25, 0.3) is 0 Å². The second-order valence-corrected chi connectivity index (χ2v) is 23.4. The van der Waals surface area contributed by atoms with Gasteiger partial charge in [-0.15, -0.1) is 0 Å². The Kier molecular flexibility index (Phi) is 5.20. The van der Waals surface area contributed by atoms with Crippen LogP contribution >= 0.6 is 0 Å². The Labute approximate surface area is 103 Å². The molecule has 0 aliphatic carbocycles.